The fraction of sp³-hybridized carbons (Fsp3) is 0.0588. The van der Waals surface area contributed by atoms with Crippen molar-refractivity contribution in [3.8, 4) is 17.1 Å². The summed E-state index contributed by atoms with van der Waals surface area (Å²) in [7, 11) is 1.66. The van der Waals surface area contributed by atoms with Gasteiger partial charge in [0.15, 0.2) is 5.82 Å². The molecule has 0 saturated heterocycles. The summed E-state index contributed by atoms with van der Waals surface area (Å²) in [5.41, 5.74) is 1.93. The molecular formula is C17H13N5OS. The summed E-state index contributed by atoms with van der Waals surface area (Å²) in [5.74, 6) is 1.54. The van der Waals surface area contributed by atoms with E-state index in [1.165, 1.54) is 11.3 Å². The second-order valence-corrected chi connectivity index (χ2v) is 5.96. The van der Waals surface area contributed by atoms with Crippen molar-refractivity contribution in [3.05, 3.63) is 59.4 Å². The summed E-state index contributed by atoms with van der Waals surface area (Å²) >= 11 is 1.48. The van der Waals surface area contributed by atoms with Gasteiger partial charge >= 0.3 is 0 Å². The van der Waals surface area contributed by atoms with Crippen LogP contribution in [0.25, 0.3) is 28.5 Å². The van der Waals surface area contributed by atoms with Crippen LogP contribution in [0.2, 0.25) is 0 Å². The molecule has 3 aromatic heterocycles. The van der Waals surface area contributed by atoms with Gasteiger partial charge in [0.05, 0.1) is 7.11 Å². The highest BCUT2D eigenvalue weighted by Gasteiger charge is 2.12. The number of ether oxygens (including phenoxy) is 1. The average Bonchev–Trinajstić information content (AvgIpc) is 3.21. The van der Waals surface area contributed by atoms with Crippen molar-refractivity contribution in [1.82, 2.24) is 24.8 Å². The Morgan fingerprint density at radius 2 is 1.88 bits per heavy atom. The number of methoxy groups -OCH3 is 1. The molecule has 0 aliphatic rings. The Hall–Kier alpha value is -3.06. The van der Waals surface area contributed by atoms with Gasteiger partial charge < -0.3 is 4.74 Å². The third kappa shape index (κ3) is 2.65. The molecule has 0 radical (unpaired) electrons. The van der Waals surface area contributed by atoms with Gasteiger partial charge in [-0.3, -0.25) is 4.98 Å². The maximum Gasteiger partial charge on any atom is 0.235 e. The van der Waals surface area contributed by atoms with Gasteiger partial charge in [0.1, 0.15) is 10.8 Å². The largest absolute Gasteiger partial charge is 0.496 e. The van der Waals surface area contributed by atoms with Crippen molar-refractivity contribution in [2.45, 2.75) is 0 Å². The Bertz CT molecular complexity index is 1010. The van der Waals surface area contributed by atoms with Gasteiger partial charge in [-0.2, -0.15) is 9.61 Å². The van der Waals surface area contributed by atoms with E-state index < -0.39 is 0 Å². The predicted octanol–water partition coefficient (Wildman–Crippen LogP) is 3.43. The van der Waals surface area contributed by atoms with Gasteiger partial charge in [0, 0.05) is 23.5 Å². The van der Waals surface area contributed by atoms with Crippen molar-refractivity contribution in [2.24, 2.45) is 0 Å². The normalized spacial score (nSPS) is 11.4. The standard InChI is InChI=1S/C17H13N5OS/c1-23-14-5-3-2-4-12(14)6-7-15-21-22-16(19-20-17(22)24-15)13-8-10-18-11-9-13/h2-11H,1H3/b7-6+. The molecule has 0 unspecified atom stereocenters. The quantitative estimate of drug-likeness (QED) is 0.572. The predicted molar refractivity (Wildman–Crippen MR) is 93.8 cm³/mol. The minimum absolute atomic E-state index is 0.709. The highest BCUT2D eigenvalue weighted by Crippen LogP contribution is 2.24. The molecular weight excluding hydrogens is 322 g/mol. The molecule has 0 fully saturated rings. The molecule has 0 aliphatic heterocycles. The Kier molecular flexibility index (Phi) is 3.76. The highest BCUT2D eigenvalue weighted by molar-refractivity contribution is 7.17. The number of aromatic nitrogens is 5. The molecule has 0 saturated carbocycles. The van der Waals surface area contributed by atoms with E-state index >= 15 is 0 Å². The van der Waals surface area contributed by atoms with Crippen LogP contribution in [0.5, 0.6) is 5.75 Å². The van der Waals surface area contributed by atoms with E-state index in [2.05, 4.69) is 20.3 Å². The zero-order valence-electron chi connectivity index (χ0n) is 12.8. The molecule has 0 bridgehead atoms. The van der Waals surface area contributed by atoms with Crippen LogP contribution in [0.4, 0.5) is 0 Å². The zero-order valence-corrected chi connectivity index (χ0v) is 13.6. The second-order valence-electron chi connectivity index (χ2n) is 4.97. The van der Waals surface area contributed by atoms with Crippen LogP contribution in [-0.2, 0) is 0 Å². The minimum atomic E-state index is 0.709. The molecule has 0 amide bonds. The van der Waals surface area contributed by atoms with Crippen LogP contribution < -0.4 is 4.74 Å². The van der Waals surface area contributed by atoms with E-state index in [4.69, 9.17) is 4.74 Å². The fourth-order valence-electron chi connectivity index (χ4n) is 2.35. The zero-order chi connectivity index (χ0) is 16.4. The lowest BCUT2D eigenvalue weighted by molar-refractivity contribution is 0.414. The number of hydrogen-bond donors (Lipinski definition) is 0. The van der Waals surface area contributed by atoms with E-state index in [0.717, 1.165) is 26.8 Å². The first kappa shape index (κ1) is 14.5. The highest BCUT2D eigenvalue weighted by atomic mass is 32.1. The lowest BCUT2D eigenvalue weighted by Crippen LogP contribution is -1.90. The lowest BCUT2D eigenvalue weighted by Gasteiger charge is -2.02. The number of benzene rings is 1. The van der Waals surface area contributed by atoms with Crippen LogP contribution in [0.1, 0.15) is 10.6 Å². The Balaban J connectivity index is 1.69. The van der Waals surface area contributed by atoms with Gasteiger partial charge in [-0.25, -0.2) is 0 Å². The van der Waals surface area contributed by atoms with E-state index in [1.807, 2.05) is 48.6 Å². The molecule has 7 heteroatoms. The van der Waals surface area contributed by atoms with Crippen molar-refractivity contribution < 1.29 is 4.74 Å². The molecule has 0 N–H and O–H groups in total. The first-order chi connectivity index (χ1) is 11.8. The van der Waals surface area contributed by atoms with Gasteiger partial charge in [-0.15, -0.1) is 10.2 Å². The summed E-state index contributed by atoms with van der Waals surface area (Å²) in [6, 6.07) is 11.6. The number of fused-ring (bicyclic) bond motifs is 1. The van der Waals surface area contributed by atoms with Crippen molar-refractivity contribution in [3.63, 3.8) is 0 Å². The minimum Gasteiger partial charge on any atom is -0.496 e. The maximum absolute atomic E-state index is 5.35. The number of para-hydroxylation sites is 1. The molecule has 0 aliphatic carbocycles. The summed E-state index contributed by atoms with van der Waals surface area (Å²) < 4.78 is 7.10. The number of nitrogens with zero attached hydrogens (tertiary/aromatic N) is 5. The summed E-state index contributed by atoms with van der Waals surface area (Å²) in [5, 5.41) is 13.8. The van der Waals surface area contributed by atoms with Crippen molar-refractivity contribution in [1.29, 1.82) is 0 Å². The lowest BCUT2D eigenvalue weighted by atomic mass is 10.2. The van der Waals surface area contributed by atoms with Crippen LogP contribution >= 0.6 is 11.3 Å². The van der Waals surface area contributed by atoms with E-state index in [-0.39, 0.29) is 0 Å². The molecule has 1 aromatic carbocycles. The molecule has 0 spiro atoms. The summed E-state index contributed by atoms with van der Waals surface area (Å²) in [4.78, 5) is 4.77. The first-order valence-electron chi connectivity index (χ1n) is 7.29. The smallest absolute Gasteiger partial charge is 0.235 e. The molecule has 4 aromatic rings. The van der Waals surface area contributed by atoms with Crippen molar-refractivity contribution >= 4 is 28.4 Å². The van der Waals surface area contributed by atoms with Gasteiger partial charge in [0.25, 0.3) is 0 Å². The first-order valence-corrected chi connectivity index (χ1v) is 8.10. The SMILES string of the molecule is COc1ccccc1/C=C/c1nn2c(-c3ccncc3)nnc2s1. The fourth-order valence-corrected chi connectivity index (χ4v) is 3.09. The topological polar surface area (TPSA) is 65.2 Å². The molecule has 24 heavy (non-hydrogen) atoms. The van der Waals surface area contributed by atoms with Crippen LogP contribution in [0.15, 0.2) is 48.8 Å². The van der Waals surface area contributed by atoms with E-state index in [1.54, 1.807) is 24.0 Å². The second kappa shape index (κ2) is 6.21. The molecule has 4 rings (SSSR count). The Morgan fingerprint density at radius 1 is 1.04 bits per heavy atom. The number of rotatable bonds is 4. The monoisotopic (exact) mass is 335 g/mol. The van der Waals surface area contributed by atoms with E-state index in [0.29, 0.717) is 5.82 Å². The average molecular weight is 335 g/mol. The number of pyridine rings is 1. The Labute approximate surface area is 142 Å². The molecule has 0 atom stereocenters. The van der Waals surface area contributed by atoms with Gasteiger partial charge in [-0.1, -0.05) is 29.5 Å². The summed E-state index contributed by atoms with van der Waals surface area (Å²) in [6.45, 7) is 0. The van der Waals surface area contributed by atoms with Crippen LogP contribution in [0.3, 0.4) is 0 Å². The summed E-state index contributed by atoms with van der Waals surface area (Å²) in [6.07, 6.45) is 7.39. The van der Waals surface area contributed by atoms with E-state index in [9.17, 15) is 0 Å². The molecule has 3 heterocycles. The van der Waals surface area contributed by atoms with Crippen LogP contribution in [0, 0.1) is 0 Å². The van der Waals surface area contributed by atoms with Crippen molar-refractivity contribution in [2.75, 3.05) is 7.11 Å². The van der Waals surface area contributed by atoms with Gasteiger partial charge in [0.2, 0.25) is 4.96 Å². The molecule has 6 nitrogen and oxygen atoms in total. The van der Waals surface area contributed by atoms with Crippen LogP contribution in [-0.4, -0.2) is 31.9 Å². The molecule has 118 valence electrons. The maximum atomic E-state index is 5.35. The number of hydrogen-bond acceptors (Lipinski definition) is 6. The Morgan fingerprint density at radius 3 is 2.71 bits per heavy atom. The third-order valence-corrected chi connectivity index (χ3v) is 4.35. The van der Waals surface area contributed by atoms with Gasteiger partial charge in [-0.05, 0) is 30.4 Å². The third-order valence-electron chi connectivity index (χ3n) is 3.49.